The topological polar surface area (TPSA) is 52.3 Å². The molecule has 0 amide bonds. The van der Waals surface area contributed by atoms with Gasteiger partial charge in [-0.05, 0) is 19.4 Å². The van der Waals surface area contributed by atoms with Crippen LogP contribution in [0.2, 0.25) is 0 Å². The molecule has 0 aliphatic carbocycles. The van der Waals surface area contributed by atoms with E-state index >= 15 is 0 Å². The van der Waals surface area contributed by atoms with Crippen molar-refractivity contribution < 1.29 is 9.53 Å². The molecule has 2 N–H and O–H groups in total. The van der Waals surface area contributed by atoms with E-state index in [0.29, 0.717) is 6.42 Å². The molecule has 0 spiro atoms. The molecule has 0 bridgehead atoms. The average molecular weight is 224 g/mol. The summed E-state index contributed by atoms with van der Waals surface area (Å²) in [7, 11) is 1.43. The van der Waals surface area contributed by atoms with E-state index in [1.54, 1.807) is 0 Å². The Kier molecular flexibility index (Phi) is 14.7. The third-order valence-electron chi connectivity index (χ3n) is 2.06. The monoisotopic (exact) mass is 223 g/mol. The molecule has 0 aromatic heterocycles. The predicted octanol–water partition coefficient (Wildman–Crippen LogP) is 2.27. The van der Waals surface area contributed by atoms with Crippen LogP contribution in [0.4, 0.5) is 0 Å². The smallest absolute Gasteiger partial charge is 0.305 e. The normalized spacial score (nSPS) is 9.29. The summed E-state index contributed by atoms with van der Waals surface area (Å²) in [6, 6.07) is 0. The molecule has 0 saturated carbocycles. The van der Waals surface area contributed by atoms with Gasteiger partial charge in [0.1, 0.15) is 0 Å². The first-order valence-corrected chi connectivity index (χ1v) is 5.08. The summed E-state index contributed by atoms with van der Waals surface area (Å²) < 4.78 is 4.54. The highest BCUT2D eigenvalue weighted by Crippen LogP contribution is 2.06. The Morgan fingerprint density at radius 3 is 2.07 bits per heavy atom. The largest absolute Gasteiger partial charge is 0.469 e. The Morgan fingerprint density at radius 1 is 1.07 bits per heavy atom. The van der Waals surface area contributed by atoms with Crippen LogP contribution < -0.4 is 5.73 Å². The second kappa shape index (κ2) is 12.7. The Labute approximate surface area is 92.8 Å². The number of halogens is 1. The standard InChI is InChI=1S/C10H21NO2.ClH/c1-13-10(12)8-6-4-2-3-5-7-9-11;/h2-9,11H2,1H3;1H. The van der Waals surface area contributed by atoms with Crippen molar-refractivity contribution in [1.82, 2.24) is 0 Å². The summed E-state index contributed by atoms with van der Waals surface area (Å²) in [6.45, 7) is 0.794. The SMILES string of the molecule is COC(=O)CCCCCCCCN.Cl. The van der Waals surface area contributed by atoms with Crippen LogP contribution in [0.3, 0.4) is 0 Å². The summed E-state index contributed by atoms with van der Waals surface area (Å²) in [5, 5.41) is 0. The number of carbonyl (C=O) groups is 1. The van der Waals surface area contributed by atoms with Crippen molar-refractivity contribution in [2.24, 2.45) is 5.73 Å². The molecule has 0 saturated heterocycles. The molecular formula is C10H22ClNO2. The van der Waals surface area contributed by atoms with E-state index in [0.717, 1.165) is 25.8 Å². The highest BCUT2D eigenvalue weighted by Gasteiger charge is 1.98. The van der Waals surface area contributed by atoms with E-state index in [4.69, 9.17) is 5.73 Å². The molecule has 0 rings (SSSR count). The number of ether oxygens (including phenoxy) is 1. The first kappa shape index (κ1) is 16.2. The van der Waals surface area contributed by atoms with Crippen LogP contribution in [-0.4, -0.2) is 19.6 Å². The molecule has 3 nitrogen and oxygen atoms in total. The Bertz CT molecular complexity index is 131. The van der Waals surface area contributed by atoms with Crippen molar-refractivity contribution in [3.63, 3.8) is 0 Å². The maximum atomic E-state index is 10.7. The van der Waals surface area contributed by atoms with Crippen molar-refractivity contribution in [2.75, 3.05) is 13.7 Å². The van der Waals surface area contributed by atoms with E-state index in [-0.39, 0.29) is 18.4 Å². The van der Waals surface area contributed by atoms with Crippen molar-refractivity contribution >= 4 is 18.4 Å². The number of rotatable bonds is 8. The minimum Gasteiger partial charge on any atom is -0.469 e. The number of carbonyl (C=O) groups excluding carboxylic acids is 1. The quantitative estimate of drug-likeness (QED) is 0.507. The maximum Gasteiger partial charge on any atom is 0.305 e. The Morgan fingerprint density at radius 2 is 1.57 bits per heavy atom. The van der Waals surface area contributed by atoms with Crippen LogP contribution in [0.15, 0.2) is 0 Å². The van der Waals surface area contributed by atoms with E-state index in [2.05, 4.69) is 4.74 Å². The van der Waals surface area contributed by atoms with Gasteiger partial charge < -0.3 is 10.5 Å². The van der Waals surface area contributed by atoms with E-state index in [9.17, 15) is 4.79 Å². The van der Waals surface area contributed by atoms with Crippen molar-refractivity contribution in [2.45, 2.75) is 44.9 Å². The molecular weight excluding hydrogens is 202 g/mol. The van der Waals surface area contributed by atoms with Crippen molar-refractivity contribution in [3.8, 4) is 0 Å². The van der Waals surface area contributed by atoms with Gasteiger partial charge in [0.2, 0.25) is 0 Å². The molecule has 0 atom stereocenters. The molecule has 0 radical (unpaired) electrons. The van der Waals surface area contributed by atoms with Gasteiger partial charge in [0.15, 0.2) is 0 Å². The molecule has 0 aliphatic heterocycles. The summed E-state index contributed by atoms with van der Waals surface area (Å²) in [5.74, 6) is -0.0954. The number of esters is 1. The van der Waals surface area contributed by atoms with Gasteiger partial charge in [0.05, 0.1) is 7.11 Å². The van der Waals surface area contributed by atoms with Crippen LogP contribution in [0.1, 0.15) is 44.9 Å². The van der Waals surface area contributed by atoms with Crippen LogP contribution >= 0.6 is 12.4 Å². The van der Waals surface area contributed by atoms with E-state index in [1.807, 2.05) is 0 Å². The molecule has 0 aliphatic rings. The average Bonchev–Trinajstić information content (AvgIpc) is 2.16. The number of hydrogen-bond acceptors (Lipinski definition) is 3. The summed E-state index contributed by atoms with van der Waals surface area (Å²) in [6.07, 6.45) is 7.42. The molecule has 0 unspecified atom stereocenters. The summed E-state index contributed by atoms with van der Waals surface area (Å²) >= 11 is 0. The number of hydrogen-bond donors (Lipinski definition) is 1. The minimum atomic E-state index is -0.0954. The van der Waals surface area contributed by atoms with Gasteiger partial charge in [0, 0.05) is 6.42 Å². The first-order chi connectivity index (χ1) is 6.31. The van der Waals surface area contributed by atoms with Crippen molar-refractivity contribution in [1.29, 1.82) is 0 Å². The fourth-order valence-electron chi connectivity index (χ4n) is 1.22. The van der Waals surface area contributed by atoms with Gasteiger partial charge in [-0.3, -0.25) is 4.79 Å². The molecule has 0 aromatic rings. The van der Waals surface area contributed by atoms with Crippen LogP contribution in [0, 0.1) is 0 Å². The summed E-state index contributed by atoms with van der Waals surface area (Å²) in [4.78, 5) is 10.7. The Balaban J connectivity index is 0. The zero-order valence-electron chi connectivity index (χ0n) is 8.96. The van der Waals surface area contributed by atoms with Crippen LogP contribution in [0.5, 0.6) is 0 Å². The van der Waals surface area contributed by atoms with Gasteiger partial charge in [-0.25, -0.2) is 0 Å². The van der Waals surface area contributed by atoms with Gasteiger partial charge >= 0.3 is 5.97 Å². The lowest BCUT2D eigenvalue weighted by Gasteiger charge is -2.00. The highest BCUT2D eigenvalue weighted by atomic mass is 35.5. The van der Waals surface area contributed by atoms with E-state index < -0.39 is 0 Å². The minimum absolute atomic E-state index is 0. The predicted molar refractivity (Wildman–Crippen MR) is 60.6 cm³/mol. The van der Waals surface area contributed by atoms with Gasteiger partial charge in [-0.1, -0.05) is 25.7 Å². The molecule has 14 heavy (non-hydrogen) atoms. The molecule has 0 aromatic carbocycles. The lowest BCUT2D eigenvalue weighted by atomic mass is 10.1. The second-order valence-corrected chi connectivity index (χ2v) is 3.24. The van der Waals surface area contributed by atoms with Crippen molar-refractivity contribution in [3.05, 3.63) is 0 Å². The first-order valence-electron chi connectivity index (χ1n) is 5.08. The molecule has 0 heterocycles. The van der Waals surface area contributed by atoms with Crippen LogP contribution in [0.25, 0.3) is 0 Å². The van der Waals surface area contributed by atoms with Crippen LogP contribution in [-0.2, 0) is 9.53 Å². The summed E-state index contributed by atoms with van der Waals surface area (Å²) in [5.41, 5.74) is 5.37. The zero-order valence-corrected chi connectivity index (χ0v) is 9.78. The molecule has 4 heteroatoms. The van der Waals surface area contributed by atoms with Gasteiger partial charge in [0.25, 0.3) is 0 Å². The second-order valence-electron chi connectivity index (χ2n) is 3.24. The number of nitrogens with two attached hydrogens (primary N) is 1. The van der Waals surface area contributed by atoms with E-state index in [1.165, 1.54) is 26.4 Å². The lowest BCUT2D eigenvalue weighted by Crippen LogP contribution is -1.99. The third-order valence-corrected chi connectivity index (χ3v) is 2.06. The number of unbranched alkanes of at least 4 members (excludes halogenated alkanes) is 5. The zero-order chi connectivity index (χ0) is 9.94. The highest BCUT2D eigenvalue weighted by molar-refractivity contribution is 5.85. The Hall–Kier alpha value is -0.280. The van der Waals surface area contributed by atoms with Gasteiger partial charge in [-0.2, -0.15) is 0 Å². The third kappa shape index (κ3) is 11.7. The number of methoxy groups -OCH3 is 1. The maximum absolute atomic E-state index is 10.7. The lowest BCUT2D eigenvalue weighted by molar-refractivity contribution is -0.140. The molecule has 0 fully saturated rings. The molecule has 86 valence electrons. The fourth-order valence-corrected chi connectivity index (χ4v) is 1.22. The fraction of sp³-hybridized carbons (Fsp3) is 0.900. The van der Waals surface area contributed by atoms with Gasteiger partial charge in [-0.15, -0.1) is 12.4 Å².